The Kier molecular flexibility index (Phi) is 7.76. The number of hydrogen-bond donors (Lipinski definition) is 2. The van der Waals surface area contributed by atoms with Gasteiger partial charge in [-0.3, -0.25) is 10.1 Å². The van der Waals surface area contributed by atoms with Gasteiger partial charge in [-0.25, -0.2) is 0 Å². The van der Waals surface area contributed by atoms with Crippen molar-refractivity contribution >= 4 is 61.6 Å². The second-order valence-electron chi connectivity index (χ2n) is 8.91. The molecule has 0 aliphatic rings. The second-order valence-corrected chi connectivity index (χ2v) is 10.2. The summed E-state index contributed by atoms with van der Waals surface area (Å²) < 4.78 is 6.71. The van der Waals surface area contributed by atoms with Crippen molar-refractivity contribution in [3.63, 3.8) is 0 Å². The first-order valence-corrected chi connectivity index (χ1v) is 13.8. The van der Waals surface area contributed by atoms with Crippen molar-refractivity contribution in [1.29, 1.82) is 0 Å². The molecule has 5 aromatic rings. The third kappa shape index (κ3) is 5.86. The standard InChI is InChI=1S/C29H27BrN6O2S/c1-4-35(5-2)21-10-12-22(13-11-21)36-33-24-16-18(3)23(17-25(24)34-36)31-29(39)32-28(37)27-15-14-26(38-27)19-6-8-20(30)9-7-19/h6-17H,4-5H2,1-3H3,(H2,31,32,37,39). The van der Waals surface area contributed by atoms with Crippen LogP contribution in [0.3, 0.4) is 0 Å². The van der Waals surface area contributed by atoms with Gasteiger partial charge in [-0.1, -0.05) is 28.1 Å². The summed E-state index contributed by atoms with van der Waals surface area (Å²) >= 11 is 8.82. The molecular weight excluding hydrogens is 576 g/mol. The lowest BCUT2D eigenvalue weighted by atomic mass is 10.2. The highest BCUT2D eigenvalue weighted by Gasteiger charge is 2.15. The van der Waals surface area contributed by atoms with E-state index in [1.165, 1.54) is 0 Å². The van der Waals surface area contributed by atoms with Crippen molar-refractivity contribution in [2.75, 3.05) is 23.3 Å². The van der Waals surface area contributed by atoms with E-state index in [1.54, 1.807) is 16.9 Å². The molecule has 10 heteroatoms. The number of hydrogen-bond acceptors (Lipinski definition) is 6. The smallest absolute Gasteiger partial charge is 0.293 e. The van der Waals surface area contributed by atoms with Crippen LogP contribution in [0.2, 0.25) is 0 Å². The molecule has 198 valence electrons. The number of nitrogens with zero attached hydrogens (tertiary/aromatic N) is 4. The van der Waals surface area contributed by atoms with Crippen molar-refractivity contribution < 1.29 is 9.21 Å². The van der Waals surface area contributed by atoms with Gasteiger partial charge in [0.05, 0.1) is 5.69 Å². The Morgan fingerprint density at radius 1 is 0.974 bits per heavy atom. The van der Waals surface area contributed by atoms with Crippen LogP contribution in [0, 0.1) is 6.92 Å². The number of amides is 1. The molecule has 0 spiro atoms. The van der Waals surface area contributed by atoms with E-state index in [9.17, 15) is 4.79 Å². The minimum absolute atomic E-state index is 0.156. The van der Waals surface area contributed by atoms with Crippen molar-refractivity contribution in [3.05, 3.63) is 88.6 Å². The van der Waals surface area contributed by atoms with Gasteiger partial charge in [0.25, 0.3) is 5.91 Å². The predicted molar refractivity (Wildman–Crippen MR) is 163 cm³/mol. The highest BCUT2D eigenvalue weighted by molar-refractivity contribution is 9.10. The predicted octanol–water partition coefficient (Wildman–Crippen LogP) is 6.72. The van der Waals surface area contributed by atoms with Gasteiger partial charge in [0, 0.05) is 34.5 Å². The van der Waals surface area contributed by atoms with Crippen LogP contribution in [0.5, 0.6) is 0 Å². The third-order valence-corrected chi connectivity index (χ3v) is 7.10. The van der Waals surface area contributed by atoms with E-state index in [0.29, 0.717) is 11.3 Å². The molecule has 0 fully saturated rings. The van der Waals surface area contributed by atoms with Crippen molar-refractivity contribution in [2.45, 2.75) is 20.8 Å². The Labute approximate surface area is 240 Å². The van der Waals surface area contributed by atoms with E-state index >= 15 is 0 Å². The zero-order valence-electron chi connectivity index (χ0n) is 21.7. The number of thiocarbonyl (C=S) groups is 1. The van der Waals surface area contributed by atoms with E-state index in [4.69, 9.17) is 16.6 Å². The maximum Gasteiger partial charge on any atom is 0.293 e. The SMILES string of the molecule is CCN(CC)c1ccc(-n2nc3cc(C)c(NC(=S)NC(=O)c4ccc(-c5ccc(Br)cc5)o4)cc3n2)cc1. The molecule has 2 heterocycles. The van der Waals surface area contributed by atoms with Gasteiger partial charge in [0.15, 0.2) is 10.9 Å². The van der Waals surface area contributed by atoms with E-state index in [1.807, 2.05) is 55.5 Å². The lowest BCUT2D eigenvalue weighted by molar-refractivity contribution is 0.0951. The summed E-state index contributed by atoms with van der Waals surface area (Å²) in [6.45, 7) is 8.13. The van der Waals surface area contributed by atoms with E-state index in [0.717, 1.165) is 51.3 Å². The lowest BCUT2D eigenvalue weighted by Crippen LogP contribution is -2.34. The highest BCUT2D eigenvalue weighted by atomic mass is 79.9. The normalized spacial score (nSPS) is 11.0. The number of furan rings is 1. The number of aryl methyl sites for hydroxylation is 1. The maximum absolute atomic E-state index is 12.7. The Bertz CT molecular complexity index is 1640. The van der Waals surface area contributed by atoms with Gasteiger partial charge in [0.2, 0.25) is 0 Å². The highest BCUT2D eigenvalue weighted by Crippen LogP contribution is 2.25. The van der Waals surface area contributed by atoms with Crippen molar-refractivity contribution in [1.82, 2.24) is 20.3 Å². The number of fused-ring (bicyclic) bond motifs is 1. The summed E-state index contributed by atoms with van der Waals surface area (Å²) in [5, 5.41) is 15.2. The quantitative estimate of drug-likeness (QED) is 0.200. The Morgan fingerprint density at radius 3 is 2.31 bits per heavy atom. The molecule has 0 unspecified atom stereocenters. The largest absolute Gasteiger partial charge is 0.451 e. The third-order valence-electron chi connectivity index (χ3n) is 6.37. The number of halogens is 1. The van der Waals surface area contributed by atoms with Gasteiger partial charge in [-0.15, -0.1) is 10.2 Å². The molecule has 2 N–H and O–H groups in total. The summed E-state index contributed by atoms with van der Waals surface area (Å²) in [6.07, 6.45) is 0. The molecule has 0 aliphatic heterocycles. The number of benzene rings is 3. The summed E-state index contributed by atoms with van der Waals surface area (Å²) in [6, 6.07) is 23.0. The number of carbonyl (C=O) groups excluding carboxylic acids is 1. The van der Waals surface area contributed by atoms with E-state index in [-0.39, 0.29) is 10.9 Å². The van der Waals surface area contributed by atoms with Crippen LogP contribution in [0.4, 0.5) is 11.4 Å². The maximum atomic E-state index is 12.7. The Morgan fingerprint density at radius 2 is 1.64 bits per heavy atom. The Hall–Kier alpha value is -4.02. The van der Waals surface area contributed by atoms with Crippen molar-refractivity contribution in [2.24, 2.45) is 0 Å². The number of rotatable bonds is 7. The Balaban J connectivity index is 1.28. The first kappa shape index (κ1) is 26.6. The average Bonchev–Trinajstić information content (AvgIpc) is 3.58. The van der Waals surface area contributed by atoms with Gasteiger partial charge < -0.3 is 14.6 Å². The van der Waals surface area contributed by atoms with Crippen LogP contribution in [-0.2, 0) is 0 Å². The minimum atomic E-state index is -0.436. The first-order valence-electron chi connectivity index (χ1n) is 12.6. The monoisotopic (exact) mass is 602 g/mol. The number of nitrogens with one attached hydrogen (secondary N) is 2. The topological polar surface area (TPSA) is 88.2 Å². The number of carbonyl (C=O) groups is 1. The summed E-state index contributed by atoms with van der Waals surface area (Å²) in [5.41, 5.74) is 6.02. The molecule has 5 rings (SSSR count). The zero-order valence-corrected chi connectivity index (χ0v) is 24.1. The van der Waals surface area contributed by atoms with Crippen LogP contribution in [0.1, 0.15) is 30.0 Å². The van der Waals surface area contributed by atoms with Gasteiger partial charge in [-0.2, -0.15) is 4.80 Å². The molecule has 39 heavy (non-hydrogen) atoms. The van der Waals surface area contributed by atoms with Crippen LogP contribution in [-0.4, -0.2) is 39.1 Å². The molecule has 3 aromatic carbocycles. The second kappa shape index (κ2) is 11.4. The summed E-state index contributed by atoms with van der Waals surface area (Å²) in [5.74, 6) is 0.325. The van der Waals surface area contributed by atoms with Crippen LogP contribution < -0.4 is 15.5 Å². The molecular formula is C29H27BrN6O2S. The number of anilines is 2. The van der Waals surface area contributed by atoms with Gasteiger partial charge >= 0.3 is 0 Å². The average molecular weight is 604 g/mol. The molecule has 0 saturated carbocycles. The molecule has 0 atom stereocenters. The van der Waals surface area contributed by atoms with Crippen LogP contribution >= 0.6 is 28.1 Å². The molecule has 8 nitrogen and oxygen atoms in total. The molecule has 0 aliphatic carbocycles. The fourth-order valence-corrected chi connectivity index (χ4v) is 4.72. The summed E-state index contributed by atoms with van der Waals surface area (Å²) in [7, 11) is 0. The number of aromatic nitrogens is 3. The fraction of sp³-hybridized carbons (Fsp3) is 0.172. The summed E-state index contributed by atoms with van der Waals surface area (Å²) in [4.78, 5) is 16.6. The molecule has 0 saturated heterocycles. The zero-order chi connectivity index (χ0) is 27.5. The van der Waals surface area contributed by atoms with Gasteiger partial charge in [0.1, 0.15) is 16.8 Å². The molecule has 0 bridgehead atoms. The minimum Gasteiger partial charge on any atom is -0.451 e. The van der Waals surface area contributed by atoms with Crippen LogP contribution in [0.25, 0.3) is 28.0 Å². The van der Waals surface area contributed by atoms with Crippen LogP contribution in [0.15, 0.2) is 81.7 Å². The van der Waals surface area contributed by atoms with E-state index in [2.05, 4.69) is 67.6 Å². The lowest BCUT2D eigenvalue weighted by Gasteiger charge is -2.20. The molecule has 0 radical (unpaired) electrons. The van der Waals surface area contributed by atoms with Crippen molar-refractivity contribution in [3.8, 4) is 17.0 Å². The van der Waals surface area contributed by atoms with E-state index < -0.39 is 5.91 Å². The fourth-order valence-electron chi connectivity index (χ4n) is 4.25. The first-order chi connectivity index (χ1) is 18.8. The molecule has 1 amide bonds. The van der Waals surface area contributed by atoms with Gasteiger partial charge in [-0.05, 0) is 99.2 Å². The molecule has 2 aromatic heterocycles.